The Morgan fingerprint density at radius 3 is 2.02 bits per heavy atom. The van der Waals surface area contributed by atoms with Crippen molar-refractivity contribution in [3.05, 3.63) is 134 Å². The molecule has 0 saturated carbocycles. The summed E-state index contributed by atoms with van der Waals surface area (Å²) in [6.07, 6.45) is 2.32. The quantitative estimate of drug-likeness (QED) is 0.184. The van der Waals surface area contributed by atoms with Crippen LogP contribution in [0.15, 0.2) is 134 Å². The highest BCUT2D eigenvalue weighted by Crippen LogP contribution is 2.43. The van der Waals surface area contributed by atoms with Gasteiger partial charge in [-0.15, -0.1) is 11.3 Å². The van der Waals surface area contributed by atoms with Crippen molar-refractivity contribution < 1.29 is 0 Å². The Morgan fingerprint density at radius 2 is 1.12 bits per heavy atom. The first kappa shape index (κ1) is 21.7. The van der Waals surface area contributed by atoms with Crippen LogP contribution in [0.25, 0.3) is 85.6 Å². The van der Waals surface area contributed by atoms with Crippen LogP contribution in [0.5, 0.6) is 0 Å². The van der Waals surface area contributed by atoms with Crippen molar-refractivity contribution in [3.63, 3.8) is 0 Å². The van der Waals surface area contributed by atoms with Crippen molar-refractivity contribution in [2.75, 3.05) is 0 Å². The van der Waals surface area contributed by atoms with Gasteiger partial charge in [-0.25, -0.2) is 0 Å². The zero-order chi connectivity index (χ0) is 26.7. The predicted molar refractivity (Wildman–Crippen MR) is 177 cm³/mol. The van der Waals surface area contributed by atoms with E-state index in [2.05, 4.69) is 143 Å². The summed E-state index contributed by atoms with van der Waals surface area (Å²) in [5.74, 6) is 0. The molecular weight excluding hydrogens is 516 g/mol. The van der Waals surface area contributed by atoms with Crippen LogP contribution in [0.4, 0.5) is 0 Å². The van der Waals surface area contributed by atoms with E-state index in [0.717, 1.165) is 0 Å². The molecule has 0 radical (unpaired) electrons. The first-order valence-corrected chi connectivity index (χ1v) is 14.8. The van der Waals surface area contributed by atoms with Gasteiger partial charge in [-0.1, -0.05) is 78.9 Å². The van der Waals surface area contributed by atoms with Crippen molar-refractivity contribution in [3.8, 4) is 5.69 Å². The van der Waals surface area contributed by atoms with E-state index in [1.165, 1.54) is 85.6 Å². The first-order valence-electron chi connectivity index (χ1n) is 14.0. The van der Waals surface area contributed by atoms with Gasteiger partial charge in [0, 0.05) is 64.4 Å². The lowest BCUT2D eigenvalue weighted by atomic mass is 9.99. The summed E-state index contributed by atoms with van der Waals surface area (Å²) < 4.78 is 7.53. The van der Waals surface area contributed by atoms with Gasteiger partial charge < -0.3 is 8.97 Å². The molecule has 2 nitrogen and oxygen atoms in total. The van der Waals surface area contributed by atoms with E-state index in [9.17, 15) is 0 Å². The number of benzene rings is 6. The van der Waals surface area contributed by atoms with Crippen molar-refractivity contribution in [1.82, 2.24) is 8.97 Å². The first-order chi connectivity index (χ1) is 20.3. The molecule has 0 fully saturated rings. The van der Waals surface area contributed by atoms with E-state index in [4.69, 9.17) is 0 Å². The van der Waals surface area contributed by atoms with E-state index in [1.54, 1.807) is 0 Å². The number of thiophene rings is 1. The maximum Gasteiger partial charge on any atom is 0.0613 e. The smallest absolute Gasteiger partial charge is 0.0613 e. The molecule has 0 saturated heterocycles. The summed E-state index contributed by atoms with van der Waals surface area (Å²) in [6.45, 7) is 0. The lowest BCUT2D eigenvalue weighted by Crippen LogP contribution is -1.94. The molecular formula is C38H22N2S. The number of fused-ring (bicyclic) bond motifs is 14. The second kappa shape index (κ2) is 7.75. The number of nitrogens with zero attached hydrogens (tertiary/aromatic N) is 2. The van der Waals surface area contributed by atoms with Gasteiger partial charge in [0.15, 0.2) is 0 Å². The Morgan fingerprint density at radius 1 is 0.415 bits per heavy atom. The highest BCUT2D eigenvalue weighted by atomic mass is 32.1. The van der Waals surface area contributed by atoms with Gasteiger partial charge in [0.25, 0.3) is 0 Å². The standard InChI is InChI=1S/C38H22N2S/c1-2-11-24(12-3-1)40-33-16-8-6-14-26(33)29-18-32-28(19-35(29)40)30-21-37-31(27-15-7-9-17-36(27)41-37)20-34(30)39-22-23-10-4-5-13-25(23)38(32)39/h1-22H. The molecule has 0 aliphatic heterocycles. The average molecular weight is 539 g/mol. The van der Waals surface area contributed by atoms with Gasteiger partial charge in [-0.05, 0) is 53.9 Å². The maximum atomic E-state index is 2.45. The van der Waals surface area contributed by atoms with Crippen LogP contribution in [-0.2, 0) is 0 Å². The zero-order valence-corrected chi connectivity index (χ0v) is 22.8. The Labute approximate surface area is 238 Å². The van der Waals surface area contributed by atoms with Crippen LogP contribution in [-0.4, -0.2) is 8.97 Å². The van der Waals surface area contributed by atoms with Crippen molar-refractivity contribution >= 4 is 91.3 Å². The normalized spacial score (nSPS) is 12.4. The van der Waals surface area contributed by atoms with Gasteiger partial charge in [0.2, 0.25) is 0 Å². The third-order valence-corrected chi connectivity index (χ3v) is 9.98. The molecule has 6 aromatic carbocycles. The number of aromatic nitrogens is 2. The van der Waals surface area contributed by atoms with E-state index in [1.807, 2.05) is 11.3 Å². The zero-order valence-electron chi connectivity index (χ0n) is 22.0. The highest BCUT2D eigenvalue weighted by molar-refractivity contribution is 7.25. The lowest BCUT2D eigenvalue weighted by molar-refractivity contribution is 1.18. The molecule has 0 bridgehead atoms. The van der Waals surface area contributed by atoms with Crippen LogP contribution in [0.2, 0.25) is 0 Å². The Hall–Kier alpha value is -5.12. The van der Waals surface area contributed by atoms with Crippen LogP contribution in [0.3, 0.4) is 0 Å². The van der Waals surface area contributed by atoms with Crippen molar-refractivity contribution in [1.29, 1.82) is 0 Å². The number of rotatable bonds is 1. The third kappa shape index (κ3) is 2.81. The summed E-state index contributed by atoms with van der Waals surface area (Å²) in [7, 11) is 0. The van der Waals surface area contributed by atoms with Crippen LogP contribution < -0.4 is 0 Å². The number of hydrogen-bond donors (Lipinski definition) is 0. The molecule has 0 unspecified atom stereocenters. The third-order valence-electron chi connectivity index (χ3n) is 8.85. The second-order valence-electron chi connectivity index (χ2n) is 11.0. The second-order valence-corrected chi connectivity index (χ2v) is 12.1. The number of pyridine rings is 1. The fourth-order valence-electron chi connectivity index (χ4n) is 7.09. The molecule has 0 aliphatic carbocycles. The molecule has 10 rings (SSSR count). The Bertz CT molecular complexity index is 2690. The minimum absolute atomic E-state index is 1.18. The minimum atomic E-state index is 1.18. The largest absolute Gasteiger partial charge is 0.315 e. The van der Waals surface area contributed by atoms with Gasteiger partial charge in [-0.3, -0.25) is 0 Å². The van der Waals surface area contributed by atoms with Crippen LogP contribution >= 0.6 is 11.3 Å². The van der Waals surface area contributed by atoms with E-state index >= 15 is 0 Å². The lowest BCUT2D eigenvalue weighted by Gasteiger charge is -2.12. The summed E-state index contributed by atoms with van der Waals surface area (Å²) in [5.41, 5.74) is 6.18. The molecule has 0 aliphatic rings. The minimum Gasteiger partial charge on any atom is -0.315 e. The monoisotopic (exact) mass is 538 g/mol. The molecule has 10 aromatic rings. The fraction of sp³-hybridized carbons (Fsp3) is 0. The highest BCUT2D eigenvalue weighted by Gasteiger charge is 2.19. The summed E-state index contributed by atoms with van der Waals surface area (Å²) >= 11 is 1.89. The predicted octanol–water partition coefficient (Wildman–Crippen LogP) is 10.9. The van der Waals surface area contributed by atoms with Crippen LogP contribution in [0, 0.1) is 0 Å². The Kier molecular flexibility index (Phi) is 4.10. The molecule has 190 valence electrons. The van der Waals surface area contributed by atoms with Gasteiger partial charge in [0.05, 0.1) is 22.1 Å². The average Bonchev–Trinajstić information content (AvgIpc) is 3.69. The molecule has 4 aromatic heterocycles. The molecule has 0 amide bonds. The molecule has 3 heteroatoms. The number of hydrogen-bond acceptors (Lipinski definition) is 1. The number of para-hydroxylation sites is 2. The SMILES string of the molecule is c1ccc(-n2c3ccccc3c3cc4c(cc32)c2cc3sc5ccccc5c3cc2n2cc3ccccc3c42)cc1. The summed E-state index contributed by atoms with van der Waals surface area (Å²) in [6, 6.07) is 46.9. The van der Waals surface area contributed by atoms with Gasteiger partial charge in [0.1, 0.15) is 0 Å². The maximum absolute atomic E-state index is 2.45. The van der Waals surface area contributed by atoms with Crippen molar-refractivity contribution in [2.24, 2.45) is 0 Å². The molecule has 0 spiro atoms. The molecule has 4 heterocycles. The molecule has 41 heavy (non-hydrogen) atoms. The van der Waals surface area contributed by atoms with Crippen LogP contribution in [0.1, 0.15) is 0 Å². The topological polar surface area (TPSA) is 9.34 Å². The van der Waals surface area contributed by atoms with E-state index in [0.29, 0.717) is 0 Å². The fourth-order valence-corrected chi connectivity index (χ4v) is 8.21. The summed E-state index contributed by atoms with van der Waals surface area (Å²) in [4.78, 5) is 0. The van der Waals surface area contributed by atoms with Gasteiger partial charge >= 0.3 is 0 Å². The van der Waals surface area contributed by atoms with E-state index < -0.39 is 0 Å². The van der Waals surface area contributed by atoms with Crippen molar-refractivity contribution in [2.45, 2.75) is 0 Å². The Balaban J connectivity index is 1.49. The van der Waals surface area contributed by atoms with E-state index in [-0.39, 0.29) is 0 Å². The molecule has 0 atom stereocenters. The molecule has 0 N–H and O–H groups in total. The summed E-state index contributed by atoms with van der Waals surface area (Å²) in [5, 5.41) is 11.7. The van der Waals surface area contributed by atoms with Gasteiger partial charge in [-0.2, -0.15) is 0 Å².